The van der Waals surface area contributed by atoms with Gasteiger partial charge in [-0.3, -0.25) is 14.9 Å². The van der Waals surface area contributed by atoms with Gasteiger partial charge in [0.25, 0.3) is 5.91 Å². The molecule has 9 heteroatoms. The number of nitro benzene ring substituents is 1. The first kappa shape index (κ1) is 20.7. The van der Waals surface area contributed by atoms with Gasteiger partial charge < -0.3 is 14.2 Å². The number of amides is 1. The van der Waals surface area contributed by atoms with Crippen molar-refractivity contribution in [2.75, 3.05) is 13.7 Å². The van der Waals surface area contributed by atoms with E-state index in [1.54, 1.807) is 6.08 Å². The SMILES string of the molecule is C=CCN(Cc1nc(-c2cccc(C)c2)no1)C(=O)c1ccc(OC)c([N+](=O)[O-])c1. The van der Waals surface area contributed by atoms with Gasteiger partial charge in [0.2, 0.25) is 11.7 Å². The topological polar surface area (TPSA) is 112 Å². The fourth-order valence-electron chi connectivity index (χ4n) is 2.91. The van der Waals surface area contributed by atoms with E-state index in [4.69, 9.17) is 9.26 Å². The summed E-state index contributed by atoms with van der Waals surface area (Å²) >= 11 is 0. The van der Waals surface area contributed by atoms with E-state index in [2.05, 4.69) is 16.7 Å². The van der Waals surface area contributed by atoms with Crippen LogP contribution in [0.2, 0.25) is 0 Å². The molecule has 0 fully saturated rings. The van der Waals surface area contributed by atoms with Gasteiger partial charge in [0.05, 0.1) is 12.0 Å². The molecule has 0 aliphatic heterocycles. The van der Waals surface area contributed by atoms with Gasteiger partial charge in [-0.2, -0.15) is 4.98 Å². The molecular weight excluding hydrogens is 388 g/mol. The molecule has 0 aliphatic rings. The number of aromatic nitrogens is 2. The quantitative estimate of drug-likeness (QED) is 0.317. The van der Waals surface area contributed by atoms with Crippen LogP contribution in [0.4, 0.5) is 5.69 Å². The van der Waals surface area contributed by atoms with Gasteiger partial charge in [0.1, 0.15) is 6.54 Å². The van der Waals surface area contributed by atoms with E-state index in [-0.39, 0.29) is 36.0 Å². The molecular formula is C21H20N4O5. The average molecular weight is 408 g/mol. The highest BCUT2D eigenvalue weighted by molar-refractivity contribution is 5.95. The minimum atomic E-state index is -0.598. The standard InChI is InChI=1S/C21H20N4O5/c1-4-10-24(21(26)16-8-9-18(29-3)17(12-16)25(27)28)13-19-22-20(23-30-19)15-7-5-6-14(2)11-15/h4-9,11-12H,1,10,13H2,2-3H3. The summed E-state index contributed by atoms with van der Waals surface area (Å²) in [5.41, 5.74) is 1.71. The van der Waals surface area contributed by atoms with E-state index < -0.39 is 10.8 Å². The Morgan fingerprint density at radius 2 is 2.13 bits per heavy atom. The van der Waals surface area contributed by atoms with E-state index in [1.807, 2.05) is 31.2 Å². The Labute approximate surface area is 172 Å². The Balaban J connectivity index is 1.84. The van der Waals surface area contributed by atoms with E-state index in [9.17, 15) is 14.9 Å². The van der Waals surface area contributed by atoms with Gasteiger partial charge in [0.15, 0.2) is 5.75 Å². The van der Waals surface area contributed by atoms with E-state index in [0.717, 1.165) is 11.1 Å². The van der Waals surface area contributed by atoms with Gasteiger partial charge in [0, 0.05) is 23.7 Å². The Bertz CT molecular complexity index is 1090. The lowest BCUT2D eigenvalue weighted by Crippen LogP contribution is -2.30. The normalized spacial score (nSPS) is 10.5. The molecule has 3 aromatic rings. The van der Waals surface area contributed by atoms with Gasteiger partial charge in [-0.25, -0.2) is 0 Å². The molecule has 0 spiro atoms. The summed E-state index contributed by atoms with van der Waals surface area (Å²) < 4.78 is 10.3. The number of nitrogens with zero attached hydrogens (tertiary/aromatic N) is 4. The fourth-order valence-corrected chi connectivity index (χ4v) is 2.91. The smallest absolute Gasteiger partial charge is 0.311 e. The number of hydrogen-bond donors (Lipinski definition) is 0. The molecule has 0 aliphatic carbocycles. The summed E-state index contributed by atoms with van der Waals surface area (Å²) in [6.45, 7) is 5.85. The fraction of sp³-hybridized carbons (Fsp3) is 0.190. The third kappa shape index (κ3) is 4.52. The van der Waals surface area contributed by atoms with Crippen molar-refractivity contribution in [1.29, 1.82) is 0 Å². The molecule has 3 rings (SSSR count). The molecule has 0 N–H and O–H groups in total. The first-order valence-electron chi connectivity index (χ1n) is 9.05. The number of benzene rings is 2. The van der Waals surface area contributed by atoms with Crippen LogP contribution in [-0.4, -0.2) is 39.5 Å². The Hall–Kier alpha value is -4.01. The maximum Gasteiger partial charge on any atom is 0.311 e. The van der Waals surface area contributed by atoms with Gasteiger partial charge in [-0.1, -0.05) is 35.0 Å². The third-order valence-electron chi connectivity index (χ3n) is 4.33. The molecule has 0 saturated carbocycles. The van der Waals surface area contributed by atoms with Crippen LogP contribution >= 0.6 is 0 Å². The van der Waals surface area contributed by atoms with E-state index >= 15 is 0 Å². The number of carbonyl (C=O) groups excluding carboxylic acids is 1. The molecule has 0 saturated heterocycles. The van der Waals surface area contributed by atoms with Crippen LogP contribution in [0.15, 0.2) is 59.6 Å². The first-order valence-corrected chi connectivity index (χ1v) is 9.05. The van der Waals surface area contributed by atoms with Crippen LogP contribution in [0.25, 0.3) is 11.4 Å². The summed E-state index contributed by atoms with van der Waals surface area (Å²) in [5, 5.41) is 15.2. The number of hydrogen-bond acceptors (Lipinski definition) is 7. The van der Waals surface area contributed by atoms with Crippen LogP contribution in [-0.2, 0) is 6.54 Å². The molecule has 1 heterocycles. The Kier molecular flexibility index (Phi) is 6.21. The summed E-state index contributed by atoms with van der Waals surface area (Å²) in [7, 11) is 1.33. The molecule has 1 aromatic heterocycles. The van der Waals surface area contributed by atoms with Crippen LogP contribution < -0.4 is 4.74 Å². The second-order valence-corrected chi connectivity index (χ2v) is 6.50. The van der Waals surface area contributed by atoms with Crippen molar-refractivity contribution in [3.8, 4) is 17.1 Å². The zero-order valence-corrected chi connectivity index (χ0v) is 16.6. The molecule has 1 amide bonds. The van der Waals surface area contributed by atoms with Crippen LogP contribution in [0, 0.1) is 17.0 Å². The Morgan fingerprint density at radius 1 is 1.33 bits per heavy atom. The molecule has 0 radical (unpaired) electrons. The number of ether oxygens (including phenoxy) is 1. The van der Waals surface area contributed by atoms with Crippen molar-refractivity contribution in [1.82, 2.24) is 15.0 Å². The van der Waals surface area contributed by atoms with Crippen molar-refractivity contribution < 1.29 is 19.0 Å². The minimum Gasteiger partial charge on any atom is -0.490 e. The van der Waals surface area contributed by atoms with Crippen LogP contribution in [0.1, 0.15) is 21.8 Å². The molecule has 30 heavy (non-hydrogen) atoms. The lowest BCUT2D eigenvalue weighted by molar-refractivity contribution is -0.385. The third-order valence-corrected chi connectivity index (χ3v) is 4.33. The average Bonchev–Trinajstić information content (AvgIpc) is 3.21. The second-order valence-electron chi connectivity index (χ2n) is 6.50. The molecule has 0 atom stereocenters. The lowest BCUT2D eigenvalue weighted by atomic mass is 10.1. The zero-order valence-electron chi connectivity index (χ0n) is 16.6. The zero-order chi connectivity index (χ0) is 21.7. The van der Waals surface area contributed by atoms with E-state index in [1.165, 1.54) is 30.2 Å². The van der Waals surface area contributed by atoms with Gasteiger partial charge >= 0.3 is 5.69 Å². The predicted molar refractivity (Wildman–Crippen MR) is 109 cm³/mol. The highest BCUT2D eigenvalue weighted by atomic mass is 16.6. The van der Waals surface area contributed by atoms with Crippen LogP contribution in [0.3, 0.4) is 0 Å². The molecule has 9 nitrogen and oxygen atoms in total. The molecule has 0 bridgehead atoms. The van der Waals surface area contributed by atoms with Gasteiger partial charge in [-0.15, -0.1) is 6.58 Å². The first-order chi connectivity index (χ1) is 14.4. The van der Waals surface area contributed by atoms with Crippen LogP contribution in [0.5, 0.6) is 5.75 Å². The maximum atomic E-state index is 13.0. The van der Waals surface area contributed by atoms with Gasteiger partial charge in [-0.05, 0) is 25.1 Å². The number of carbonyl (C=O) groups is 1. The molecule has 154 valence electrons. The lowest BCUT2D eigenvalue weighted by Gasteiger charge is -2.19. The van der Waals surface area contributed by atoms with Crippen molar-refractivity contribution in [3.63, 3.8) is 0 Å². The minimum absolute atomic E-state index is 0.0312. The highest BCUT2D eigenvalue weighted by Crippen LogP contribution is 2.28. The number of methoxy groups -OCH3 is 1. The Morgan fingerprint density at radius 3 is 2.80 bits per heavy atom. The van der Waals surface area contributed by atoms with Crippen molar-refractivity contribution in [2.24, 2.45) is 0 Å². The predicted octanol–water partition coefficient (Wildman–Crippen LogP) is 3.79. The summed E-state index contributed by atoms with van der Waals surface area (Å²) in [6.07, 6.45) is 1.55. The molecule has 0 unspecified atom stereocenters. The number of rotatable bonds is 8. The maximum absolute atomic E-state index is 13.0. The monoisotopic (exact) mass is 408 g/mol. The van der Waals surface area contributed by atoms with Crippen molar-refractivity contribution in [3.05, 3.63) is 82.3 Å². The highest BCUT2D eigenvalue weighted by Gasteiger charge is 2.23. The summed E-state index contributed by atoms with van der Waals surface area (Å²) in [4.78, 5) is 29.4. The summed E-state index contributed by atoms with van der Waals surface area (Å²) in [6, 6.07) is 11.7. The van der Waals surface area contributed by atoms with Crippen molar-refractivity contribution >= 4 is 11.6 Å². The van der Waals surface area contributed by atoms with E-state index in [0.29, 0.717) is 5.82 Å². The number of aryl methyl sites for hydroxylation is 1. The largest absolute Gasteiger partial charge is 0.490 e. The summed E-state index contributed by atoms with van der Waals surface area (Å²) in [5.74, 6) is 0.298. The number of nitro groups is 1. The second kappa shape index (κ2) is 8.99. The molecule has 2 aromatic carbocycles. The van der Waals surface area contributed by atoms with Crippen molar-refractivity contribution in [2.45, 2.75) is 13.5 Å².